The maximum atomic E-state index is 12.0. The van der Waals surface area contributed by atoms with Gasteiger partial charge in [0.15, 0.2) is 0 Å². The summed E-state index contributed by atoms with van der Waals surface area (Å²) in [5, 5.41) is 13.7. The molecule has 1 N–H and O–H groups in total. The Labute approximate surface area is 126 Å². The van der Waals surface area contributed by atoms with Gasteiger partial charge in [0, 0.05) is 11.4 Å². The number of carbonyl (C=O) groups excluding carboxylic acids is 1. The number of fused-ring (bicyclic) bond motifs is 1. The van der Waals surface area contributed by atoms with Crippen LogP contribution in [0.5, 0.6) is 0 Å². The molecule has 6 nitrogen and oxygen atoms in total. The lowest BCUT2D eigenvalue weighted by molar-refractivity contribution is -0.122. The largest absolute Gasteiger partial charge is 0.350 e. The van der Waals surface area contributed by atoms with Crippen molar-refractivity contribution in [3.63, 3.8) is 0 Å². The number of hydrogen-bond donors (Lipinski definition) is 1. The summed E-state index contributed by atoms with van der Waals surface area (Å²) in [7, 11) is 0. The fraction of sp³-hybridized carbons (Fsp3) is 0.357. The van der Waals surface area contributed by atoms with Crippen molar-refractivity contribution in [3.05, 3.63) is 34.3 Å². The Morgan fingerprint density at radius 2 is 2.29 bits per heavy atom. The van der Waals surface area contributed by atoms with Crippen molar-refractivity contribution in [1.29, 1.82) is 0 Å². The van der Waals surface area contributed by atoms with Gasteiger partial charge in [-0.25, -0.2) is 0 Å². The third-order valence-corrected chi connectivity index (χ3v) is 4.16. The normalized spacial score (nSPS) is 11.1. The minimum Gasteiger partial charge on any atom is -0.350 e. The summed E-state index contributed by atoms with van der Waals surface area (Å²) in [6.07, 6.45) is 1.88. The molecule has 21 heavy (non-hydrogen) atoms. The smallest absolute Gasteiger partial charge is 0.242 e. The zero-order valence-electron chi connectivity index (χ0n) is 12.0. The van der Waals surface area contributed by atoms with Crippen molar-refractivity contribution < 1.29 is 4.79 Å². The Bertz CT molecular complexity index is 756. The predicted octanol–water partition coefficient (Wildman–Crippen LogP) is 1.94. The van der Waals surface area contributed by atoms with Gasteiger partial charge in [-0.05, 0) is 25.3 Å². The van der Waals surface area contributed by atoms with Gasteiger partial charge in [0.1, 0.15) is 17.6 Å². The van der Waals surface area contributed by atoms with Crippen molar-refractivity contribution in [1.82, 2.24) is 24.9 Å². The fourth-order valence-corrected chi connectivity index (χ4v) is 2.91. The van der Waals surface area contributed by atoms with E-state index >= 15 is 0 Å². The van der Waals surface area contributed by atoms with Crippen molar-refractivity contribution in [2.24, 2.45) is 0 Å². The molecule has 0 bridgehead atoms. The minimum atomic E-state index is -0.0396. The molecule has 0 atom stereocenters. The quantitative estimate of drug-likeness (QED) is 0.783. The molecule has 0 aromatic carbocycles. The molecular formula is C14H17N5OS. The lowest BCUT2D eigenvalue weighted by Gasteiger charge is -2.03. The Morgan fingerprint density at radius 1 is 1.43 bits per heavy atom. The lowest BCUT2D eigenvalue weighted by Crippen LogP contribution is -2.27. The molecule has 0 aliphatic heterocycles. The molecule has 3 aromatic rings. The lowest BCUT2D eigenvalue weighted by atomic mass is 10.4. The number of nitrogens with zero attached hydrogens (tertiary/aromatic N) is 4. The van der Waals surface area contributed by atoms with Crippen molar-refractivity contribution in [2.75, 3.05) is 0 Å². The van der Waals surface area contributed by atoms with Gasteiger partial charge in [-0.1, -0.05) is 6.07 Å². The highest BCUT2D eigenvalue weighted by molar-refractivity contribution is 7.09. The number of thiophene rings is 1. The number of aryl methyl sites for hydroxylation is 2. The molecule has 0 unspecified atom stereocenters. The summed E-state index contributed by atoms with van der Waals surface area (Å²) >= 11 is 1.63. The van der Waals surface area contributed by atoms with E-state index in [1.165, 1.54) is 0 Å². The van der Waals surface area contributed by atoms with E-state index in [2.05, 4.69) is 15.5 Å². The number of hydrogen-bond acceptors (Lipinski definition) is 4. The van der Waals surface area contributed by atoms with Crippen LogP contribution in [0.25, 0.3) is 11.0 Å². The number of carbonyl (C=O) groups is 1. The van der Waals surface area contributed by atoms with E-state index < -0.39 is 0 Å². The van der Waals surface area contributed by atoms with Crippen LogP contribution < -0.4 is 5.32 Å². The highest BCUT2D eigenvalue weighted by atomic mass is 32.1. The summed E-state index contributed by atoms with van der Waals surface area (Å²) in [5.41, 5.74) is 2.73. The molecule has 7 heteroatoms. The standard InChI is InChI=1S/C14H17N5OS/c1-3-19-12-8-18(17-14(12)10(2)16-19)9-13(20)15-7-11-5-4-6-21-11/h4-6,8H,3,7,9H2,1-2H3,(H,15,20). The van der Waals surface area contributed by atoms with E-state index in [1.807, 2.05) is 42.2 Å². The second kappa shape index (κ2) is 5.69. The Balaban J connectivity index is 1.68. The zero-order valence-corrected chi connectivity index (χ0v) is 12.9. The van der Waals surface area contributed by atoms with Crippen molar-refractivity contribution in [2.45, 2.75) is 33.5 Å². The van der Waals surface area contributed by atoms with Gasteiger partial charge in [0.05, 0.1) is 18.4 Å². The van der Waals surface area contributed by atoms with Crippen LogP contribution >= 0.6 is 11.3 Å². The molecule has 0 radical (unpaired) electrons. The highest BCUT2D eigenvalue weighted by Gasteiger charge is 2.12. The Hall–Kier alpha value is -2.15. The van der Waals surface area contributed by atoms with Gasteiger partial charge in [0.25, 0.3) is 0 Å². The van der Waals surface area contributed by atoms with Crippen LogP contribution in [0, 0.1) is 6.92 Å². The molecule has 0 saturated heterocycles. The van der Waals surface area contributed by atoms with E-state index in [1.54, 1.807) is 16.0 Å². The maximum absolute atomic E-state index is 12.0. The summed E-state index contributed by atoms with van der Waals surface area (Å²) in [6.45, 7) is 5.56. The van der Waals surface area contributed by atoms with Gasteiger partial charge in [-0.2, -0.15) is 10.2 Å². The van der Waals surface area contributed by atoms with Gasteiger partial charge in [-0.15, -0.1) is 11.3 Å². The molecule has 0 fully saturated rings. The van der Waals surface area contributed by atoms with Crippen LogP contribution in [0.2, 0.25) is 0 Å². The van der Waals surface area contributed by atoms with Gasteiger partial charge in [0.2, 0.25) is 5.91 Å². The number of rotatable bonds is 5. The van der Waals surface area contributed by atoms with Crippen LogP contribution in [0.4, 0.5) is 0 Å². The van der Waals surface area contributed by atoms with Gasteiger partial charge in [-0.3, -0.25) is 14.2 Å². The second-order valence-electron chi connectivity index (χ2n) is 4.82. The van der Waals surface area contributed by atoms with E-state index in [-0.39, 0.29) is 12.5 Å². The molecular weight excluding hydrogens is 286 g/mol. The summed E-state index contributed by atoms with van der Waals surface area (Å²) in [4.78, 5) is 13.1. The summed E-state index contributed by atoms with van der Waals surface area (Å²) in [6, 6.07) is 3.98. The van der Waals surface area contributed by atoms with E-state index in [0.29, 0.717) is 6.54 Å². The molecule has 0 aliphatic carbocycles. The maximum Gasteiger partial charge on any atom is 0.242 e. The molecule has 0 saturated carbocycles. The van der Waals surface area contributed by atoms with Crippen LogP contribution in [-0.2, 0) is 24.4 Å². The van der Waals surface area contributed by atoms with Crippen LogP contribution in [-0.4, -0.2) is 25.5 Å². The number of aromatic nitrogens is 4. The molecule has 3 heterocycles. The van der Waals surface area contributed by atoms with Gasteiger partial charge >= 0.3 is 0 Å². The van der Waals surface area contributed by atoms with Crippen LogP contribution in [0.1, 0.15) is 17.5 Å². The Kier molecular flexibility index (Phi) is 3.74. The Morgan fingerprint density at radius 3 is 3.00 bits per heavy atom. The summed E-state index contributed by atoms with van der Waals surface area (Å²) in [5.74, 6) is -0.0396. The molecule has 3 aromatic heterocycles. The molecule has 1 amide bonds. The average Bonchev–Trinajstić information content (AvgIpc) is 3.15. The highest BCUT2D eigenvalue weighted by Crippen LogP contribution is 2.16. The van der Waals surface area contributed by atoms with Gasteiger partial charge < -0.3 is 5.32 Å². The first kappa shape index (κ1) is 13.8. The minimum absolute atomic E-state index is 0.0396. The van der Waals surface area contributed by atoms with E-state index in [4.69, 9.17) is 0 Å². The first-order valence-electron chi connectivity index (χ1n) is 6.87. The average molecular weight is 303 g/mol. The van der Waals surface area contributed by atoms with Crippen LogP contribution in [0.15, 0.2) is 23.7 Å². The fourth-order valence-electron chi connectivity index (χ4n) is 2.26. The third kappa shape index (κ3) is 2.82. The first-order chi connectivity index (χ1) is 10.2. The SMILES string of the molecule is CCn1nc(C)c2nn(CC(=O)NCc3cccs3)cc21. The first-order valence-corrected chi connectivity index (χ1v) is 7.75. The number of amides is 1. The molecule has 0 aliphatic rings. The number of nitrogens with one attached hydrogen (secondary N) is 1. The van der Waals surface area contributed by atoms with Crippen molar-refractivity contribution in [3.8, 4) is 0 Å². The van der Waals surface area contributed by atoms with Crippen LogP contribution in [0.3, 0.4) is 0 Å². The third-order valence-electron chi connectivity index (χ3n) is 3.28. The summed E-state index contributed by atoms with van der Waals surface area (Å²) < 4.78 is 3.58. The molecule has 0 spiro atoms. The predicted molar refractivity (Wildman–Crippen MR) is 82.1 cm³/mol. The second-order valence-corrected chi connectivity index (χ2v) is 5.85. The van der Waals surface area contributed by atoms with E-state index in [0.717, 1.165) is 28.1 Å². The molecule has 110 valence electrons. The molecule has 3 rings (SSSR count). The monoisotopic (exact) mass is 303 g/mol. The van der Waals surface area contributed by atoms with Crippen molar-refractivity contribution >= 4 is 28.3 Å². The topological polar surface area (TPSA) is 64.7 Å². The zero-order chi connectivity index (χ0) is 14.8. The van der Waals surface area contributed by atoms with E-state index in [9.17, 15) is 4.79 Å².